The summed E-state index contributed by atoms with van der Waals surface area (Å²) in [5, 5.41) is 11.3. The molecule has 5 nitrogen and oxygen atoms in total. The number of nitrogens with one attached hydrogen (secondary N) is 1. The van der Waals surface area contributed by atoms with Gasteiger partial charge in [-0.1, -0.05) is 13.8 Å². The molecule has 2 heterocycles. The van der Waals surface area contributed by atoms with E-state index in [4.69, 9.17) is 0 Å². The van der Waals surface area contributed by atoms with Crippen LogP contribution in [0, 0.1) is 0 Å². The van der Waals surface area contributed by atoms with Crippen LogP contribution >= 0.6 is 0 Å². The third-order valence-electron chi connectivity index (χ3n) is 1.93. The number of rotatable bonds is 3. The van der Waals surface area contributed by atoms with Crippen LogP contribution in [0.15, 0.2) is 18.5 Å². The predicted molar refractivity (Wildman–Crippen MR) is 52.8 cm³/mol. The standard InChI is InChI=1S/C9H13N5/c1-7(2)11-6-8-12-13-9-10-4-3-5-14(8)9/h3-5,7,11H,6H2,1-2H3. The molecule has 74 valence electrons. The van der Waals surface area contributed by atoms with E-state index < -0.39 is 0 Å². The third kappa shape index (κ3) is 1.72. The first-order valence-electron chi connectivity index (χ1n) is 4.65. The van der Waals surface area contributed by atoms with Gasteiger partial charge < -0.3 is 5.32 Å². The number of fused-ring (bicyclic) bond motifs is 1. The van der Waals surface area contributed by atoms with Crippen molar-refractivity contribution < 1.29 is 0 Å². The maximum atomic E-state index is 4.09. The normalized spacial score (nSPS) is 11.4. The minimum atomic E-state index is 0.444. The second-order valence-corrected chi connectivity index (χ2v) is 3.44. The Kier molecular flexibility index (Phi) is 2.41. The zero-order valence-corrected chi connectivity index (χ0v) is 8.31. The van der Waals surface area contributed by atoms with Gasteiger partial charge in [0.2, 0.25) is 0 Å². The van der Waals surface area contributed by atoms with Crippen molar-refractivity contribution in [2.45, 2.75) is 26.4 Å². The van der Waals surface area contributed by atoms with Crippen LogP contribution in [0.5, 0.6) is 0 Å². The lowest BCUT2D eigenvalue weighted by Crippen LogP contribution is -2.23. The highest BCUT2D eigenvalue weighted by molar-refractivity contribution is 5.25. The SMILES string of the molecule is CC(C)NCc1nnc2ncccn12. The number of nitrogens with zero attached hydrogens (tertiary/aromatic N) is 4. The molecule has 0 spiro atoms. The molecule has 0 unspecified atom stereocenters. The maximum absolute atomic E-state index is 4.09. The van der Waals surface area contributed by atoms with E-state index in [2.05, 4.69) is 34.3 Å². The maximum Gasteiger partial charge on any atom is 0.254 e. The molecule has 0 aromatic carbocycles. The molecule has 0 aliphatic carbocycles. The van der Waals surface area contributed by atoms with Crippen molar-refractivity contribution in [3.05, 3.63) is 24.3 Å². The average molecular weight is 191 g/mol. The summed E-state index contributed by atoms with van der Waals surface area (Å²) < 4.78 is 1.88. The summed E-state index contributed by atoms with van der Waals surface area (Å²) in [6, 6.07) is 2.31. The molecule has 14 heavy (non-hydrogen) atoms. The smallest absolute Gasteiger partial charge is 0.254 e. The van der Waals surface area contributed by atoms with Gasteiger partial charge in [0.25, 0.3) is 5.78 Å². The van der Waals surface area contributed by atoms with Crippen molar-refractivity contribution in [1.82, 2.24) is 24.9 Å². The molecule has 5 heteroatoms. The molecule has 0 atom stereocenters. The van der Waals surface area contributed by atoms with Crippen molar-refractivity contribution in [1.29, 1.82) is 0 Å². The minimum absolute atomic E-state index is 0.444. The third-order valence-corrected chi connectivity index (χ3v) is 1.93. The summed E-state index contributed by atoms with van der Waals surface area (Å²) >= 11 is 0. The largest absolute Gasteiger partial charge is 0.308 e. The van der Waals surface area contributed by atoms with E-state index in [1.165, 1.54) is 0 Å². The first kappa shape index (κ1) is 9.08. The van der Waals surface area contributed by atoms with Gasteiger partial charge in [0.05, 0.1) is 6.54 Å². The lowest BCUT2D eigenvalue weighted by atomic mass is 10.4. The van der Waals surface area contributed by atoms with Gasteiger partial charge in [0, 0.05) is 18.4 Å². The first-order chi connectivity index (χ1) is 6.77. The van der Waals surface area contributed by atoms with Gasteiger partial charge in [-0.25, -0.2) is 4.98 Å². The Bertz CT molecular complexity index is 420. The molecule has 0 saturated carbocycles. The molecular weight excluding hydrogens is 178 g/mol. The lowest BCUT2D eigenvalue weighted by molar-refractivity contribution is 0.569. The topological polar surface area (TPSA) is 55.1 Å². The van der Waals surface area contributed by atoms with E-state index in [9.17, 15) is 0 Å². The number of hydrogen-bond acceptors (Lipinski definition) is 4. The fourth-order valence-corrected chi connectivity index (χ4v) is 1.21. The van der Waals surface area contributed by atoms with Gasteiger partial charge in [-0.3, -0.25) is 4.40 Å². The van der Waals surface area contributed by atoms with Gasteiger partial charge in [-0.05, 0) is 6.07 Å². The Morgan fingerprint density at radius 3 is 3.07 bits per heavy atom. The van der Waals surface area contributed by atoms with Crippen LogP contribution in [0.2, 0.25) is 0 Å². The molecule has 0 aliphatic rings. The fourth-order valence-electron chi connectivity index (χ4n) is 1.21. The van der Waals surface area contributed by atoms with E-state index in [-0.39, 0.29) is 0 Å². The molecule has 0 radical (unpaired) electrons. The Balaban J connectivity index is 2.25. The minimum Gasteiger partial charge on any atom is -0.308 e. The second-order valence-electron chi connectivity index (χ2n) is 3.44. The average Bonchev–Trinajstić information content (AvgIpc) is 2.58. The second kappa shape index (κ2) is 3.71. The first-order valence-corrected chi connectivity index (χ1v) is 4.65. The van der Waals surface area contributed by atoms with Crippen molar-refractivity contribution in [3.63, 3.8) is 0 Å². The molecule has 1 N–H and O–H groups in total. The van der Waals surface area contributed by atoms with E-state index >= 15 is 0 Å². The van der Waals surface area contributed by atoms with E-state index in [1.807, 2.05) is 16.7 Å². The van der Waals surface area contributed by atoms with Gasteiger partial charge in [-0.15, -0.1) is 10.2 Å². The quantitative estimate of drug-likeness (QED) is 0.772. The molecule has 0 aliphatic heterocycles. The molecule has 0 amide bonds. The summed E-state index contributed by atoms with van der Waals surface area (Å²) in [7, 11) is 0. The summed E-state index contributed by atoms with van der Waals surface area (Å²) in [4.78, 5) is 4.09. The molecule has 2 rings (SSSR count). The van der Waals surface area contributed by atoms with Gasteiger partial charge in [0.1, 0.15) is 0 Å². The van der Waals surface area contributed by atoms with Crippen LogP contribution in [0.1, 0.15) is 19.7 Å². The molecule has 2 aromatic rings. The Morgan fingerprint density at radius 1 is 1.43 bits per heavy atom. The molecular formula is C9H13N5. The summed E-state index contributed by atoms with van der Waals surface area (Å²) in [6.07, 6.45) is 3.63. The van der Waals surface area contributed by atoms with Crippen molar-refractivity contribution in [3.8, 4) is 0 Å². The van der Waals surface area contributed by atoms with Gasteiger partial charge in [-0.2, -0.15) is 0 Å². The molecule has 0 saturated heterocycles. The van der Waals surface area contributed by atoms with Gasteiger partial charge in [0.15, 0.2) is 5.82 Å². The van der Waals surface area contributed by atoms with Crippen molar-refractivity contribution in [2.24, 2.45) is 0 Å². The van der Waals surface area contributed by atoms with Crippen molar-refractivity contribution in [2.75, 3.05) is 0 Å². The van der Waals surface area contributed by atoms with E-state index in [1.54, 1.807) is 6.20 Å². The van der Waals surface area contributed by atoms with Crippen LogP contribution in [0.3, 0.4) is 0 Å². The predicted octanol–water partition coefficient (Wildman–Crippen LogP) is 0.622. The van der Waals surface area contributed by atoms with Crippen LogP contribution in [-0.2, 0) is 6.54 Å². The summed E-state index contributed by atoms with van der Waals surface area (Å²) in [6.45, 7) is 4.91. The highest BCUT2D eigenvalue weighted by atomic mass is 15.3. The zero-order chi connectivity index (χ0) is 9.97. The lowest BCUT2D eigenvalue weighted by Gasteiger charge is -2.05. The highest BCUT2D eigenvalue weighted by Crippen LogP contribution is 1.99. The van der Waals surface area contributed by atoms with E-state index in [0.29, 0.717) is 18.4 Å². The highest BCUT2D eigenvalue weighted by Gasteiger charge is 2.04. The molecule has 2 aromatic heterocycles. The summed E-state index contributed by atoms with van der Waals surface area (Å²) in [5.41, 5.74) is 0. The van der Waals surface area contributed by atoms with Crippen LogP contribution < -0.4 is 5.32 Å². The van der Waals surface area contributed by atoms with Gasteiger partial charge >= 0.3 is 0 Å². The van der Waals surface area contributed by atoms with Crippen LogP contribution in [0.25, 0.3) is 5.78 Å². The van der Waals surface area contributed by atoms with E-state index in [0.717, 1.165) is 5.82 Å². The molecule has 0 bridgehead atoms. The zero-order valence-electron chi connectivity index (χ0n) is 8.31. The Labute approximate surface area is 82.2 Å². The Morgan fingerprint density at radius 2 is 2.29 bits per heavy atom. The van der Waals surface area contributed by atoms with Crippen LogP contribution in [-0.4, -0.2) is 25.6 Å². The van der Waals surface area contributed by atoms with Crippen LogP contribution in [0.4, 0.5) is 0 Å². The fraction of sp³-hybridized carbons (Fsp3) is 0.444. The Hall–Kier alpha value is -1.49. The number of hydrogen-bond donors (Lipinski definition) is 1. The summed E-state index contributed by atoms with van der Waals surface area (Å²) in [5.74, 6) is 1.54. The number of aromatic nitrogens is 4. The monoisotopic (exact) mass is 191 g/mol. The molecule has 0 fully saturated rings. The van der Waals surface area contributed by atoms with Crippen molar-refractivity contribution >= 4 is 5.78 Å².